The van der Waals surface area contributed by atoms with Gasteiger partial charge in [-0.25, -0.2) is 4.99 Å². The fourth-order valence-corrected chi connectivity index (χ4v) is 4.00. The van der Waals surface area contributed by atoms with Crippen molar-refractivity contribution in [2.75, 3.05) is 43.1 Å². The van der Waals surface area contributed by atoms with Gasteiger partial charge in [0, 0.05) is 36.2 Å². The Bertz CT molecular complexity index is 1200. The number of hydrogen-bond donors (Lipinski definition) is 3. The summed E-state index contributed by atoms with van der Waals surface area (Å²) in [6.07, 6.45) is 3.51. The van der Waals surface area contributed by atoms with Gasteiger partial charge >= 0.3 is 0 Å². The minimum Gasteiger partial charge on any atom is -0.399 e. The number of nitrogens with one attached hydrogen (secondary N) is 1. The maximum atomic E-state index is 13.1. The van der Waals surface area contributed by atoms with Crippen molar-refractivity contribution in [3.8, 4) is 0 Å². The lowest BCUT2D eigenvalue weighted by molar-refractivity contribution is -0.111. The van der Waals surface area contributed by atoms with Gasteiger partial charge in [-0.05, 0) is 80.3 Å². The average molecular weight is 446 g/mol. The molecule has 7 heteroatoms. The van der Waals surface area contributed by atoms with Crippen LogP contribution in [-0.2, 0) is 9.53 Å². The van der Waals surface area contributed by atoms with Crippen LogP contribution in [0.2, 0.25) is 0 Å². The number of rotatable bonds is 4. The molecular weight excluding hydrogens is 414 g/mol. The van der Waals surface area contributed by atoms with Crippen LogP contribution in [0.5, 0.6) is 0 Å². The number of allylic oxidation sites excluding steroid dienone is 2. The third-order valence-corrected chi connectivity index (χ3v) is 6.57. The lowest BCUT2D eigenvalue weighted by Crippen LogP contribution is -2.39. The zero-order valence-corrected chi connectivity index (χ0v) is 19.7. The second-order valence-electron chi connectivity index (χ2n) is 8.55. The standard InChI is InChI=1S/C26H31N5O2/c1-15-17(3)21(7-5-19(15)27)29-23-13-24(30-22-8-6-20(28)16(2)18(22)4)26(32)14-25(23)31-9-11-33-12-10-31/h5-8,13-14,30H,9-12,27-28H2,1-4H3. The van der Waals surface area contributed by atoms with Gasteiger partial charge in [0.05, 0.1) is 36.0 Å². The molecule has 33 heavy (non-hydrogen) atoms. The predicted octanol–water partition coefficient (Wildman–Crippen LogP) is 3.95. The zero-order chi connectivity index (χ0) is 23.7. The normalized spacial score (nSPS) is 17.8. The molecule has 1 fully saturated rings. The second kappa shape index (κ2) is 9.11. The predicted molar refractivity (Wildman–Crippen MR) is 135 cm³/mol. The van der Waals surface area contributed by atoms with Crippen molar-refractivity contribution in [1.29, 1.82) is 0 Å². The zero-order valence-electron chi connectivity index (χ0n) is 19.7. The van der Waals surface area contributed by atoms with Crippen LogP contribution in [0.25, 0.3) is 0 Å². The first-order valence-electron chi connectivity index (χ1n) is 11.1. The summed E-state index contributed by atoms with van der Waals surface area (Å²) in [6, 6.07) is 7.55. The smallest absolute Gasteiger partial charge is 0.204 e. The number of anilines is 3. The largest absolute Gasteiger partial charge is 0.399 e. The summed E-state index contributed by atoms with van der Waals surface area (Å²) in [7, 11) is 0. The van der Waals surface area contributed by atoms with Crippen molar-refractivity contribution in [3.05, 3.63) is 70.1 Å². The maximum Gasteiger partial charge on any atom is 0.204 e. The molecule has 0 aromatic heterocycles. The van der Waals surface area contributed by atoms with E-state index in [0.29, 0.717) is 32.0 Å². The summed E-state index contributed by atoms with van der Waals surface area (Å²) in [5, 5.41) is 3.31. The topological polar surface area (TPSA) is 106 Å². The number of carbonyl (C=O) groups excluding carboxylic acids is 1. The molecule has 1 aliphatic carbocycles. The van der Waals surface area contributed by atoms with Gasteiger partial charge in [-0.2, -0.15) is 0 Å². The van der Waals surface area contributed by atoms with Gasteiger partial charge in [0.2, 0.25) is 5.78 Å². The summed E-state index contributed by atoms with van der Waals surface area (Å²) in [6.45, 7) is 10.6. The summed E-state index contributed by atoms with van der Waals surface area (Å²) in [5.74, 6) is -0.0884. The molecule has 2 aromatic carbocycles. The van der Waals surface area contributed by atoms with E-state index in [0.717, 1.165) is 56.4 Å². The molecule has 172 valence electrons. The fraction of sp³-hybridized carbons (Fsp3) is 0.308. The van der Waals surface area contributed by atoms with Crippen LogP contribution in [0.4, 0.5) is 22.7 Å². The second-order valence-corrected chi connectivity index (χ2v) is 8.55. The first kappa shape index (κ1) is 22.6. The number of nitrogens with two attached hydrogens (primary N) is 2. The lowest BCUT2D eigenvalue weighted by atomic mass is 10.0. The number of hydrogen-bond acceptors (Lipinski definition) is 7. The number of ketones is 1. The van der Waals surface area contributed by atoms with Crippen LogP contribution >= 0.6 is 0 Å². The van der Waals surface area contributed by atoms with E-state index in [1.54, 1.807) is 6.08 Å². The van der Waals surface area contributed by atoms with E-state index in [4.69, 9.17) is 21.2 Å². The van der Waals surface area contributed by atoms with Crippen LogP contribution in [0.15, 0.2) is 52.8 Å². The number of nitrogens with zero attached hydrogens (tertiary/aromatic N) is 2. The third kappa shape index (κ3) is 4.50. The quantitative estimate of drug-likeness (QED) is 0.486. The molecule has 1 aliphatic heterocycles. The van der Waals surface area contributed by atoms with E-state index in [1.165, 1.54) is 0 Å². The Labute approximate surface area is 194 Å². The van der Waals surface area contributed by atoms with Crippen LogP contribution in [-0.4, -0.2) is 42.7 Å². The molecule has 2 aromatic rings. The monoisotopic (exact) mass is 445 g/mol. The molecule has 4 rings (SSSR count). The molecule has 7 nitrogen and oxygen atoms in total. The molecule has 1 saturated heterocycles. The summed E-state index contributed by atoms with van der Waals surface area (Å²) < 4.78 is 5.51. The molecule has 0 saturated carbocycles. The molecule has 0 radical (unpaired) electrons. The highest BCUT2D eigenvalue weighted by Crippen LogP contribution is 2.30. The summed E-state index contributed by atoms with van der Waals surface area (Å²) in [4.78, 5) is 20.3. The first-order valence-corrected chi connectivity index (χ1v) is 11.1. The van der Waals surface area contributed by atoms with Crippen molar-refractivity contribution in [3.63, 3.8) is 0 Å². The molecule has 0 amide bonds. The Morgan fingerprint density at radius 3 is 2.21 bits per heavy atom. The Kier molecular flexibility index (Phi) is 6.24. The van der Waals surface area contributed by atoms with Crippen molar-refractivity contribution >= 4 is 34.2 Å². The van der Waals surface area contributed by atoms with E-state index >= 15 is 0 Å². The molecule has 0 unspecified atom stereocenters. The van der Waals surface area contributed by atoms with Crippen LogP contribution in [0.1, 0.15) is 22.3 Å². The summed E-state index contributed by atoms with van der Waals surface area (Å²) in [5.41, 5.74) is 21.3. The molecule has 5 N–H and O–H groups in total. The van der Waals surface area contributed by atoms with Crippen LogP contribution in [0.3, 0.4) is 0 Å². The fourth-order valence-electron chi connectivity index (χ4n) is 4.00. The van der Waals surface area contributed by atoms with E-state index in [1.807, 2.05) is 58.0 Å². The Morgan fingerprint density at radius 2 is 1.52 bits per heavy atom. The molecule has 1 heterocycles. The van der Waals surface area contributed by atoms with E-state index < -0.39 is 0 Å². The van der Waals surface area contributed by atoms with Gasteiger partial charge in [-0.3, -0.25) is 4.79 Å². The molecule has 0 atom stereocenters. The van der Waals surface area contributed by atoms with Gasteiger partial charge in [-0.15, -0.1) is 0 Å². The van der Waals surface area contributed by atoms with Crippen molar-refractivity contribution in [2.24, 2.45) is 4.99 Å². The minimum absolute atomic E-state index is 0.0884. The molecular formula is C26H31N5O2. The number of carbonyl (C=O) groups is 1. The number of benzene rings is 2. The van der Waals surface area contributed by atoms with Crippen LogP contribution < -0.4 is 16.8 Å². The van der Waals surface area contributed by atoms with E-state index in [9.17, 15) is 4.79 Å². The third-order valence-electron chi connectivity index (χ3n) is 6.57. The Morgan fingerprint density at radius 1 is 0.879 bits per heavy atom. The molecule has 0 bridgehead atoms. The first-order chi connectivity index (χ1) is 15.8. The Hall–Kier alpha value is -3.58. The van der Waals surface area contributed by atoms with Crippen molar-refractivity contribution in [2.45, 2.75) is 27.7 Å². The van der Waals surface area contributed by atoms with Crippen molar-refractivity contribution in [1.82, 2.24) is 4.90 Å². The molecule has 2 aliphatic rings. The van der Waals surface area contributed by atoms with E-state index in [2.05, 4.69) is 10.2 Å². The van der Waals surface area contributed by atoms with Gasteiger partial charge in [-0.1, -0.05) is 0 Å². The number of ether oxygens (including phenoxy) is 1. The van der Waals surface area contributed by atoms with Crippen LogP contribution in [0, 0.1) is 27.7 Å². The highest BCUT2D eigenvalue weighted by molar-refractivity contribution is 6.23. The lowest BCUT2D eigenvalue weighted by Gasteiger charge is -2.32. The number of aliphatic imine (C=N–C) groups is 1. The molecule has 0 spiro atoms. The average Bonchev–Trinajstić information content (AvgIpc) is 2.82. The van der Waals surface area contributed by atoms with Gasteiger partial charge in [0.25, 0.3) is 0 Å². The highest BCUT2D eigenvalue weighted by atomic mass is 16.5. The SMILES string of the molecule is Cc1c(N)ccc(N=C2C=C(Nc3ccc(N)c(C)c3C)C(=O)C=C2N2CCOCC2)c1C. The highest BCUT2D eigenvalue weighted by Gasteiger charge is 2.25. The number of morpholine rings is 1. The maximum absolute atomic E-state index is 13.1. The van der Waals surface area contributed by atoms with Gasteiger partial charge in [0.1, 0.15) is 0 Å². The summed E-state index contributed by atoms with van der Waals surface area (Å²) >= 11 is 0. The van der Waals surface area contributed by atoms with Crippen molar-refractivity contribution < 1.29 is 9.53 Å². The van der Waals surface area contributed by atoms with Gasteiger partial charge < -0.3 is 26.4 Å². The minimum atomic E-state index is -0.0884. The number of nitrogen functional groups attached to an aromatic ring is 2. The van der Waals surface area contributed by atoms with E-state index in [-0.39, 0.29) is 5.78 Å². The Balaban J connectivity index is 1.77. The van der Waals surface area contributed by atoms with Gasteiger partial charge in [0.15, 0.2) is 0 Å².